The van der Waals surface area contributed by atoms with Crippen LogP contribution in [0.2, 0.25) is 0 Å². The normalized spacial score (nSPS) is 22.7. The largest absolute Gasteiger partial charge is 0.366 e. The lowest BCUT2D eigenvalue weighted by atomic mass is 9.81. The van der Waals surface area contributed by atoms with E-state index in [1.165, 1.54) is 24.1 Å². The molecule has 4 atom stereocenters. The Bertz CT molecular complexity index is 2340. The van der Waals surface area contributed by atoms with Gasteiger partial charge < -0.3 is 31.9 Å². The van der Waals surface area contributed by atoms with Crippen molar-refractivity contribution in [2.45, 2.75) is 81.2 Å². The zero-order chi connectivity index (χ0) is 36.9. The summed E-state index contributed by atoms with van der Waals surface area (Å²) in [6.45, 7) is 3.80. The number of aromatic nitrogens is 6. The molecule has 0 spiro atoms. The summed E-state index contributed by atoms with van der Waals surface area (Å²) in [5, 5.41) is 30.6. The van der Waals surface area contributed by atoms with Crippen molar-refractivity contribution in [1.29, 1.82) is 0 Å². The topological polar surface area (TPSA) is 133 Å². The van der Waals surface area contributed by atoms with Gasteiger partial charge in [0.1, 0.15) is 34.9 Å². The Morgan fingerprint density at radius 1 is 0.636 bits per heavy atom. The van der Waals surface area contributed by atoms with E-state index in [9.17, 15) is 4.39 Å². The van der Waals surface area contributed by atoms with Gasteiger partial charge in [-0.3, -0.25) is 0 Å². The first-order valence-electron chi connectivity index (χ1n) is 19.8. The highest BCUT2D eigenvalue weighted by Crippen LogP contribution is 2.56. The number of rotatable bonds is 11. The highest BCUT2D eigenvalue weighted by molar-refractivity contribution is 5.69. The summed E-state index contributed by atoms with van der Waals surface area (Å²) in [4.78, 5) is 10.1. The SMILES string of the molecule is Fc1cccc(Nc2cc(N[C@H]3CCCNC3)nc3c(C4CC4c4cc(F)cc(Nc5cc(N[C@H]6CCCNC6)nc6c(C7CCC7)cnn56)c4)cnn23)c1. The lowest BCUT2D eigenvalue weighted by Gasteiger charge is -2.26. The molecule has 10 rings (SSSR count). The summed E-state index contributed by atoms with van der Waals surface area (Å²) in [5.74, 6) is 2.99. The Labute approximate surface area is 317 Å². The van der Waals surface area contributed by atoms with Crippen molar-refractivity contribution in [3.8, 4) is 0 Å². The van der Waals surface area contributed by atoms with Gasteiger partial charge >= 0.3 is 0 Å². The quantitative estimate of drug-likeness (QED) is 0.0798. The molecule has 6 aromatic rings. The maximum absolute atomic E-state index is 15.5. The second-order valence-corrected chi connectivity index (χ2v) is 15.7. The fraction of sp³-hybridized carbons (Fsp3) is 0.415. The predicted molar refractivity (Wildman–Crippen MR) is 211 cm³/mol. The first-order chi connectivity index (χ1) is 27.0. The second-order valence-electron chi connectivity index (χ2n) is 15.7. The lowest BCUT2D eigenvalue weighted by Crippen LogP contribution is -2.38. The summed E-state index contributed by atoms with van der Waals surface area (Å²) in [6, 6.07) is 16.1. The van der Waals surface area contributed by atoms with Crippen LogP contribution >= 0.6 is 0 Å². The van der Waals surface area contributed by atoms with Crippen molar-refractivity contribution in [3.05, 3.63) is 95.3 Å². The van der Waals surface area contributed by atoms with Gasteiger partial charge in [0.2, 0.25) is 0 Å². The fourth-order valence-corrected chi connectivity index (χ4v) is 8.59. The van der Waals surface area contributed by atoms with Gasteiger partial charge in [0.05, 0.1) is 12.4 Å². The van der Waals surface area contributed by atoms with E-state index < -0.39 is 0 Å². The first kappa shape index (κ1) is 34.2. The molecule has 4 aliphatic rings. The van der Waals surface area contributed by atoms with Gasteiger partial charge in [-0.2, -0.15) is 19.2 Å². The van der Waals surface area contributed by atoms with Gasteiger partial charge in [0.25, 0.3) is 0 Å². The molecule has 55 heavy (non-hydrogen) atoms. The van der Waals surface area contributed by atoms with Crippen molar-refractivity contribution in [1.82, 2.24) is 39.8 Å². The van der Waals surface area contributed by atoms with Crippen molar-refractivity contribution >= 4 is 45.9 Å². The summed E-state index contributed by atoms with van der Waals surface area (Å²) >= 11 is 0. The monoisotopic (exact) mass is 744 g/mol. The molecule has 2 aliphatic heterocycles. The molecular formula is C41H46F2N12. The minimum absolute atomic E-state index is 0.0910. The summed E-state index contributed by atoms with van der Waals surface area (Å²) < 4.78 is 33.3. The third-order valence-corrected chi connectivity index (χ3v) is 11.7. The molecule has 0 bridgehead atoms. The maximum atomic E-state index is 15.5. The third kappa shape index (κ3) is 7.04. The van der Waals surface area contributed by atoms with Crippen molar-refractivity contribution in [3.63, 3.8) is 0 Å². The number of nitrogens with zero attached hydrogens (tertiary/aromatic N) is 6. The Morgan fingerprint density at radius 2 is 1.27 bits per heavy atom. The summed E-state index contributed by atoms with van der Waals surface area (Å²) in [5.41, 5.74) is 5.94. The smallest absolute Gasteiger partial charge is 0.163 e. The van der Waals surface area contributed by atoms with E-state index >= 15 is 4.39 Å². The molecular weight excluding hydrogens is 699 g/mol. The van der Waals surface area contributed by atoms with E-state index in [4.69, 9.17) is 20.2 Å². The highest BCUT2D eigenvalue weighted by atomic mass is 19.1. The van der Waals surface area contributed by atoms with Crippen molar-refractivity contribution < 1.29 is 8.78 Å². The van der Waals surface area contributed by atoms with Crippen LogP contribution in [-0.2, 0) is 0 Å². The van der Waals surface area contributed by atoms with Gasteiger partial charge in [0, 0.05) is 59.8 Å². The number of piperidine rings is 2. The average Bonchev–Trinajstić information content (AvgIpc) is 3.67. The van der Waals surface area contributed by atoms with Gasteiger partial charge in [-0.15, -0.1) is 0 Å². The van der Waals surface area contributed by atoms with E-state index in [1.54, 1.807) is 22.7 Å². The molecule has 12 nitrogen and oxygen atoms in total. The molecule has 14 heteroatoms. The molecule has 2 aliphatic carbocycles. The third-order valence-electron chi connectivity index (χ3n) is 11.7. The Balaban J connectivity index is 0.946. The Hall–Kier alpha value is -5.34. The molecule has 2 unspecified atom stereocenters. The van der Waals surface area contributed by atoms with Crippen LogP contribution in [0.1, 0.15) is 85.8 Å². The number of fused-ring (bicyclic) bond motifs is 2. The Kier molecular flexibility index (Phi) is 8.94. The molecule has 4 aromatic heterocycles. The summed E-state index contributed by atoms with van der Waals surface area (Å²) in [6.07, 6.45) is 12.5. The number of nitrogens with one attached hydrogen (secondary N) is 6. The zero-order valence-corrected chi connectivity index (χ0v) is 30.7. The van der Waals surface area contributed by atoms with Crippen LogP contribution in [0.3, 0.4) is 0 Å². The summed E-state index contributed by atoms with van der Waals surface area (Å²) in [7, 11) is 0. The molecule has 284 valence electrons. The number of anilines is 6. The van der Waals surface area contributed by atoms with Gasteiger partial charge in [0.15, 0.2) is 11.3 Å². The molecule has 2 aromatic carbocycles. The van der Waals surface area contributed by atoms with Crippen LogP contribution in [0.5, 0.6) is 0 Å². The van der Waals surface area contributed by atoms with Gasteiger partial charge in [-0.05, 0) is 118 Å². The van der Waals surface area contributed by atoms with E-state index in [2.05, 4.69) is 31.9 Å². The Morgan fingerprint density at radius 3 is 1.89 bits per heavy atom. The molecule has 4 fully saturated rings. The first-order valence-corrected chi connectivity index (χ1v) is 19.8. The van der Waals surface area contributed by atoms with Crippen LogP contribution in [0.4, 0.5) is 43.4 Å². The van der Waals surface area contributed by atoms with E-state index in [0.29, 0.717) is 23.1 Å². The lowest BCUT2D eigenvalue weighted by molar-refractivity contribution is 0.421. The van der Waals surface area contributed by atoms with Gasteiger partial charge in [-0.25, -0.2) is 18.7 Å². The minimum atomic E-state index is -0.321. The fourth-order valence-electron chi connectivity index (χ4n) is 8.59. The number of hydrogen-bond acceptors (Lipinski definition) is 10. The number of benzene rings is 2. The highest BCUT2D eigenvalue weighted by Gasteiger charge is 2.42. The van der Waals surface area contributed by atoms with Crippen LogP contribution in [0, 0.1) is 11.6 Å². The van der Waals surface area contributed by atoms with Crippen LogP contribution < -0.4 is 31.9 Å². The van der Waals surface area contributed by atoms with Gasteiger partial charge in [-0.1, -0.05) is 12.5 Å². The van der Waals surface area contributed by atoms with E-state index in [1.807, 2.05) is 41.2 Å². The molecule has 6 heterocycles. The minimum Gasteiger partial charge on any atom is -0.366 e. The van der Waals surface area contributed by atoms with E-state index in [-0.39, 0.29) is 35.6 Å². The molecule has 2 saturated carbocycles. The second kappa shape index (κ2) is 14.4. The predicted octanol–water partition coefficient (Wildman–Crippen LogP) is 7.40. The van der Waals surface area contributed by atoms with Crippen LogP contribution in [-0.4, -0.2) is 67.5 Å². The van der Waals surface area contributed by atoms with Crippen molar-refractivity contribution in [2.24, 2.45) is 0 Å². The zero-order valence-electron chi connectivity index (χ0n) is 30.7. The van der Waals surface area contributed by atoms with Crippen LogP contribution in [0.25, 0.3) is 11.3 Å². The molecule has 2 saturated heterocycles. The van der Waals surface area contributed by atoms with E-state index in [0.717, 1.165) is 111 Å². The molecule has 6 N–H and O–H groups in total. The number of halogens is 2. The standard InChI is InChI=1S/C41H46F2N12/c42-26-7-2-8-28(15-26)50-38-18-37(49-30-10-4-12-45-21-30)53-41-35(23-47-55(38)41)33-17-32(33)25-13-27(43)16-31(14-25)51-39-19-36(48-29-9-3-11-44-20-29)52-40-34(22-46-54(39)40)24-5-1-6-24/h2,7-8,13-16,18-19,22-24,29-30,32-33,44-45,50-51H,1,3-6,9-12,17,20-21H2,(H,48,52)(H,49,53)/t29-,30-,32?,33?/m0/s1. The molecule has 0 radical (unpaired) electrons. The maximum Gasteiger partial charge on any atom is 0.163 e. The van der Waals surface area contributed by atoms with Crippen LogP contribution in [0.15, 0.2) is 67.0 Å². The average molecular weight is 745 g/mol. The number of hydrogen-bond donors (Lipinski definition) is 6. The molecule has 0 amide bonds. The van der Waals surface area contributed by atoms with Crippen molar-refractivity contribution in [2.75, 3.05) is 47.4 Å².